The Morgan fingerprint density at radius 1 is 1.21 bits per heavy atom. The Labute approximate surface area is 90.1 Å². The molecule has 1 atom stereocenters. The van der Waals surface area contributed by atoms with E-state index in [9.17, 15) is 0 Å². The minimum absolute atomic E-state index is 0.214. The van der Waals surface area contributed by atoms with Gasteiger partial charge in [-0.15, -0.1) is 11.8 Å². The van der Waals surface area contributed by atoms with Gasteiger partial charge in [-0.2, -0.15) is 0 Å². The number of hydrogen-bond acceptors (Lipinski definition) is 4. The molecule has 2 rings (SSSR count). The first-order valence-electron chi connectivity index (χ1n) is 5.30. The van der Waals surface area contributed by atoms with E-state index in [1.54, 1.807) is 0 Å². The van der Waals surface area contributed by atoms with Crippen molar-refractivity contribution in [3.05, 3.63) is 0 Å². The number of piperidine rings is 1. The molecule has 3 nitrogen and oxygen atoms in total. The molecule has 2 saturated heterocycles. The molecule has 2 heterocycles. The van der Waals surface area contributed by atoms with Gasteiger partial charge in [0.05, 0.1) is 18.6 Å². The van der Waals surface area contributed by atoms with Crippen molar-refractivity contribution in [1.82, 2.24) is 4.90 Å². The summed E-state index contributed by atoms with van der Waals surface area (Å²) in [5, 5.41) is 0.619. The van der Waals surface area contributed by atoms with Gasteiger partial charge in [0.25, 0.3) is 0 Å². The van der Waals surface area contributed by atoms with Gasteiger partial charge < -0.3 is 9.47 Å². The fraction of sp³-hybridized carbons (Fsp3) is 1.00. The van der Waals surface area contributed by atoms with Gasteiger partial charge in [-0.3, -0.25) is 4.90 Å². The Kier molecular flexibility index (Phi) is 3.37. The highest BCUT2D eigenvalue weighted by molar-refractivity contribution is 7.99. The summed E-state index contributed by atoms with van der Waals surface area (Å²) in [6.45, 7) is 6.01. The third-order valence-electron chi connectivity index (χ3n) is 3.23. The Morgan fingerprint density at radius 2 is 1.79 bits per heavy atom. The molecule has 0 aliphatic carbocycles. The standard InChI is InChI=1S/C10H19NO2S/c1-9(14-2)11-5-3-10(4-6-11)12-7-8-13-10/h9H,3-8H2,1-2H3. The van der Waals surface area contributed by atoms with Crippen LogP contribution in [-0.2, 0) is 9.47 Å². The summed E-state index contributed by atoms with van der Waals surface area (Å²) in [5.41, 5.74) is 0. The van der Waals surface area contributed by atoms with Gasteiger partial charge in [0.15, 0.2) is 5.79 Å². The fourth-order valence-electron chi connectivity index (χ4n) is 2.16. The van der Waals surface area contributed by atoms with Crippen molar-refractivity contribution in [3.63, 3.8) is 0 Å². The maximum Gasteiger partial charge on any atom is 0.170 e. The molecule has 0 radical (unpaired) electrons. The molecule has 2 aliphatic rings. The molecule has 0 aromatic rings. The molecule has 2 fully saturated rings. The minimum Gasteiger partial charge on any atom is -0.347 e. The second-order valence-corrected chi connectivity index (χ2v) is 5.13. The van der Waals surface area contributed by atoms with Crippen LogP contribution < -0.4 is 0 Å². The first-order valence-corrected chi connectivity index (χ1v) is 6.59. The third-order valence-corrected chi connectivity index (χ3v) is 4.21. The normalized spacial score (nSPS) is 29.6. The van der Waals surface area contributed by atoms with Crippen LogP contribution in [-0.4, -0.2) is 48.6 Å². The van der Waals surface area contributed by atoms with E-state index in [1.807, 2.05) is 11.8 Å². The van der Waals surface area contributed by atoms with Crippen molar-refractivity contribution < 1.29 is 9.47 Å². The van der Waals surface area contributed by atoms with Gasteiger partial charge >= 0.3 is 0 Å². The second kappa shape index (κ2) is 4.39. The van der Waals surface area contributed by atoms with Crippen LogP contribution in [0.15, 0.2) is 0 Å². The van der Waals surface area contributed by atoms with Crippen molar-refractivity contribution in [2.45, 2.75) is 30.9 Å². The summed E-state index contributed by atoms with van der Waals surface area (Å²) in [4.78, 5) is 2.50. The topological polar surface area (TPSA) is 21.7 Å². The molecule has 2 aliphatic heterocycles. The summed E-state index contributed by atoms with van der Waals surface area (Å²) in [7, 11) is 0. The molecule has 0 saturated carbocycles. The largest absolute Gasteiger partial charge is 0.347 e. The summed E-state index contributed by atoms with van der Waals surface area (Å²) in [5.74, 6) is -0.214. The quantitative estimate of drug-likeness (QED) is 0.699. The monoisotopic (exact) mass is 217 g/mol. The summed E-state index contributed by atoms with van der Waals surface area (Å²) in [6.07, 6.45) is 4.22. The molecule has 14 heavy (non-hydrogen) atoms. The molecule has 0 bridgehead atoms. The molecule has 82 valence electrons. The van der Waals surface area contributed by atoms with Crippen molar-refractivity contribution in [2.24, 2.45) is 0 Å². The van der Waals surface area contributed by atoms with Crippen molar-refractivity contribution in [2.75, 3.05) is 32.6 Å². The van der Waals surface area contributed by atoms with Crippen molar-refractivity contribution in [1.29, 1.82) is 0 Å². The molecule has 0 aromatic carbocycles. The summed E-state index contributed by atoms with van der Waals surface area (Å²) < 4.78 is 11.4. The van der Waals surface area contributed by atoms with Gasteiger partial charge in [0.2, 0.25) is 0 Å². The van der Waals surface area contributed by atoms with Crippen molar-refractivity contribution in [3.8, 4) is 0 Å². The highest BCUT2D eigenvalue weighted by Crippen LogP contribution is 2.32. The lowest BCUT2D eigenvalue weighted by molar-refractivity contribution is -0.185. The van der Waals surface area contributed by atoms with E-state index in [0.717, 1.165) is 39.1 Å². The van der Waals surface area contributed by atoms with Crippen LogP contribution in [0.25, 0.3) is 0 Å². The first kappa shape index (κ1) is 10.7. The summed E-state index contributed by atoms with van der Waals surface area (Å²) in [6, 6.07) is 0. The molecule has 0 aromatic heterocycles. The fourth-order valence-corrected chi connectivity index (χ4v) is 2.67. The third kappa shape index (κ3) is 2.08. The minimum atomic E-state index is -0.214. The Balaban J connectivity index is 1.85. The van der Waals surface area contributed by atoms with Crippen LogP contribution in [0.5, 0.6) is 0 Å². The lowest BCUT2D eigenvalue weighted by atomic mass is 10.0. The molecular weight excluding hydrogens is 198 g/mol. The van der Waals surface area contributed by atoms with Gasteiger partial charge in [-0.25, -0.2) is 0 Å². The lowest BCUT2D eigenvalue weighted by Crippen LogP contribution is -2.47. The number of thioether (sulfide) groups is 1. The Hall–Kier alpha value is 0.230. The van der Waals surface area contributed by atoms with Crippen molar-refractivity contribution >= 4 is 11.8 Å². The van der Waals surface area contributed by atoms with Crippen LogP contribution in [0.2, 0.25) is 0 Å². The Morgan fingerprint density at radius 3 is 2.29 bits per heavy atom. The predicted octanol–water partition coefficient (Wildman–Crippen LogP) is 1.53. The number of hydrogen-bond donors (Lipinski definition) is 0. The van der Waals surface area contributed by atoms with E-state index in [-0.39, 0.29) is 5.79 Å². The zero-order valence-corrected chi connectivity index (χ0v) is 9.81. The maximum absolute atomic E-state index is 5.69. The van der Waals surface area contributed by atoms with Gasteiger partial charge in [-0.1, -0.05) is 0 Å². The number of likely N-dealkylation sites (tertiary alicyclic amines) is 1. The molecule has 1 unspecified atom stereocenters. The van der Waals surface area contributed by atoms with E-state index >= 15 is 0 Å². The smallest absolute Gasteiger partial charge is 0.170 e. The molecule has 4 heteroatoms. The van der Waals surface area contributed by atoms with E-state index in [4.69, 9.17) is 9.47 Å². The average Bonchev–Trinajstić information content (AvgIpc) is 2.67. The molecular formula is C10H19NO2S. The predicted molar refractivity (Wildman–Crippen MR) is 58.4 cm³/mol. The first-order chi connectivity index (χ1) is 6.76. The van der Waals surface area contributed by atoms with E-state index in [1.165, 1.54) is 0 Å². The van der Waals surface area contributed by atoms with Crippen LogP contribution >= 0.6 is 11.8 Å². The Bertz CT molecular complexity index is 185. The van der Waals surface area contributed by atoms with Gasteiger partial charge in [-0.05, 0) is 13.2 Å². The molecule has 0 amide bonds. The SMILES string of the molecule is CSC(C)N1CCC2(CC1)OCCO2. The number of ether oxygens (including phenoxy) is 2. The lowest BCUT2D eigenvalue weighted by Gasteiger charge is -2.39. The average molecular weight is 217 g/mol. The van der Waals surface area contributed by atoms with Crippen LogP contribution in [0.1, 0.15) is 19.8 Å². The van der Waals surface area contributed by atoms with Crippen LogP contribution in [0.4, 0.5) is 0 Å². The summed E-state index contributed by atoms with van der Waals surface area (Å²) >= 11 is 1.91. The molecule has 0 N–H and O–H groups in total. The zero-order valence-electron chi connectivity index (χ0n) is 8.99. The maximum atomic E-state index is 5.69. The van der Waals surface area contributed by atoms with E-state index in [2.05, 4.69) is 18.1 Å². The number of nitrogens with zero attached hydrogens (tertiary/aromatic N) is 1. The van der Waals surface area contributed by atoms with Crippen LogP contribution in [0.3, 0.4) is 0 Å². The van der Waals surface area contributed by atoms with Gasteiger partial charge in [0.1, 0.15) is 0 Å². The highest BCUT2D eigenvalue weighted by Gasteiger charge is 2.40. The van der Waals surface area contributed by atoms with E-state index < -0.39 is 0 Å². The second-order valence-electron chi connectivity index (χ2n) is 3.98. The molecule has 1 spiro atoms. The zero-order chi connectivity index (χ0) is 10.0. The van der Waals surface area contributed by atoms with E-state index in [0.29, 0.717) is 5.37 Å². The highest BCUT2D eigenvalue weighted by atomic mass is 32.2. The van der Waals surface area contributed by atoms with Gasteiger partial charge in [0, 0.05) is 25.9 Å². The van der Waals surface area contributed by atoms with Crippen LogP contribution in [0, 0.1) is 0 Å². The number of rotatable bonds is 2.